The van der Waals surface area contributed by atoms with E-state index in [1.165, 1.54) is 0 Å². The minimum Gasteiger partial charge on any atom is -0.479 e. The molecule has 0 amide bonds. The lowest BCUT2D eigenvalue weighted by molar-refractivity contribution is -0.147. The van der Waals surface area contributed by atoms with Gasteiger partial charge in [-0.1, -0.05) is 0 Å². The maximum absolute atomic E-state index is 12.4. The molecule has 0 bridgehead atoms. The van der Waals surface area contributed by atoms with Gasteiger partial charge in [-0.15, -0.1) is 0 Å². The fourth-order valence-corrected chi connectivity index (χ4v) is 0.823. The van der Waals surface area contributed by atoms with Gasteiger partial charge in [-0.2, -0.15) is 0 Å². The zero-order valence-electron chi connectivity index (χ0n) is 5.33. The van der Waals surface area contributed by atoms with Crippen molar-refractivity contribution < 1.29 is 19.4 Å². The summed E-state index contributed by atoms with van der Waals surface area (Å²) in [5, 5.41) is 17.0. The summed E-state index contributed by atoms with van der Waals surface area (Å²) in [6, 6.07) is 0. The van der Waals surface area contributed by atoms with Crippen LogP contribution in [0.15, 0.2) is 0 Å². The van der Waals surface area contributed by atoms with E-state index < -0.39 is 18.2 Å². The molecule has 0 aromatic heterocycles. The number of halogens is 1. The lowest BCUT2D eigenvalue weighted by Gasteiger charge is -2.09. The predicted molar refractivity (Wildman–Crippen MR) is 31.3 cm³/mol. The number of hydrogen-bond acceptors (Lipinski definition) is 2. The highest BCUT2D eigenvalue weighted by molar-refractivity contribution is 5.72. The molecule has 1 aliphatic rings. The first kappa shape index (κ1) is 7.47. The number of aliphatic hydroxyl groups excluding tert-OH is 1. The van der Waals surface area contributed by atoms with Crippen molar-refractivity contribution >= 4 is 5.97 Å². The van der Waals surface area contributed by atoms with Crippen molar-refractivity contribution in [3.8, 4) is 0 Å². The molecule has 3 nitrogen and oxygen atoms in total. The summed E-state index contributed by atoms with van der Waals surface area (Å²) in [5.41, 5.74) is 0. The van der Waals surface area contributed by atoms with Crippen molar-refractivity contribution in [2.45, 2.75) is 25.1 Å². The normalized spacial score (nSPS) is 23.8. The maximum Gasteiger partial charge on any atom is 0.341 e. The van der Waals surface area contributed by atoms with Gasteiger partial charge in [0.2, 0.25) is 6.17 Å². The second-order valence-corrected chi connectivity index (χ2v) is 2.57. The maximum atomic E-state index is 12.4. The predicted octanol–water partition coefficient (Wildman–Crippen LogP) is 0.180. The Bertz CT molecular complexity index is 144. The van der Waals surface area contributed by atoms with E-state index in [0.717, 1.165) is 12.8 Å². The average Bonchev–Trinajstić information content (AvgIpc) is 2.65. The number of aliphatic hydroxyl groups is 1. The Kier molecular flexibility index (Phi) is 1.89. The third-order valence-electron chi connectivity index (χ3n) is 1.64. The molecule has 58 valence electrons. The van der Waals surface area contributed by atoms with Crippen molar-refractivity contribution in [2.24, 2.45) is 5.92 Å². The Morgan fingerprint density at radius 2 is 2.10 bits per heavy atom. The molecule has 0 spiro atoms. The molecular weight excluding hydrogens is 139 g/mol. The molecule has 1 rings (SSSR count). The third-order valence-corrected chi connectivity index (χ3v) is 1.64. The molecule has 1 saturated carbocycles. The first-order valence-corrected chi connectivity index (χ1v) is 3.18. The van der Waals surface area contributed by atoms with E-state index in [0.29, 0.717) is 0 Å². The standard InChI is InChI=1S/C6H9FO3/c7-4(6(9)10)5(8)3-1-2-3/h3-5,8H,1-2H2,(H,9,10). The van der Waals surface area contributed by atoms with E-state index in [9.17, 15) is 9.18 Å². The van der Waals surface area contributed by atoms with Gasteiger partial charge in [0.25, 0.3) is 0 Å². The molecule has 0 saturated heterocycles. The van der Waals surface area contributed by atoms with Crippen LogP contribution in [0.4, 0.5) is 4.39 Å². The molecule has 0 aromatic rings. The quantitative estimate of drug-likeness (QED) is 0.600. The topological polar surface area (TPSA) is 57.5 Å². The van der Waals surface area contributed by atoms with Crippen LogP contribution in [0.25, 0.3) is 0 Å². The molecule has 2 atom stereocenters. The Morgan fingerprint density at radius 3 is 2.40 bits per heavy atom. The van der Waals surface area contributed by atoms with Gasteiger partial charge in [0.1, 0.15) is 0 Å². The lowest BCUT2D eigenvalue weighted by Crippen LogP contribution is -2.31. The second kappa shape index (κ2) is 2.54. The highest BCUT2D eigenvalue weighted by atomic mass is 19.1. The number of rotatable bonds is 3. The fourth-order valence-electron chi connectivity index (χ4n) is 0.823. The van der Waals surface area contributed by atoms with Crippen LogP contribution >= 0.6 is 0 Å². The van der Waals surface area contributed by atoms with Gasteiger partial charge < -0.3 is 10.2 Å². The number of alkyl halides is 1. The summed E-state index contributed by atoms with van der Waals surface area (Å²) < 4.78 is 12.4. The highest BCUT2D eigenvalue weighted by Crippen LogP contribution is 2.34. The van der Waals surface area contributed by atoms with Crippen LogP contribution in [0.1, 0.15) is 12.8 Å². The molecular formula is C6H9FO3. The Morgan fingerprint density at radius 1 is 1.60 bits per heavy atom. The molecule has 0 radical (unpaired) electrons. The van der Waals surface area contributed by atoms with Crippen LogP contribution in [0.3, 0.4) is 0 Å². The van der Waals surface area contributed by atoms with Gasteiger partial charge in [-0.25, -0.2) is 9.18 Å². The van der Waals surface area contributed by atoms with Gasteiger partial charge in [0.15, 0.2) is 0 Å². The summed E-state index contributed by atoms with van der Waals surface area (Å²) in [5.74, 6) is -1.69. The van der Waals surface area contributed by atoms with E-state index in [1.54, 1.807) is 0 Å². The Hall–Kier alpha value is -0.640. The molecule has 0 heterocycles. The number of aliphatic carboxylic acids is 1. The monoisotopic (exact) mass is 148 g/mol. The summed E-state index contributed by atoms with van der Waals surface area (Å²) in [6.07, 6.45) is -1.91. The SMILES string of the molecule is O=C(O)C(F)C(O)C1CC1. The minimum absolute atomic E-state index is 0.119. The smallest absolute Gasteiger partial charge is 0.341 e. The van der Waals surface area contributed by atoms with E-state index in [-0.39, 0.29) is 5.92 Å². The van der Waals surface area contributed by atoms with Gasteiger partial charge in [-0.3, -0.25) is 0 Å². The first-order chi connectivity index (χ1) is 4.63. The molecule has 1 aliphatic carbocycles. The number of carboxylic acid groups (broad SMARTS) is 1. The van der Waals surface area contributed by atoms with Gasteiger partial charge in [0.05, 0.1) is 6.10 Å². The number of hydrogen-bond donors (Lipinski definition) is 2. The van der Waals surface area contributed by atoms with Crippen LogP contribution < -0.4 is 0 Å². The van der Waals surface area contributed by atoms with Crippen molar-refractivity contribution in [3.63, 3.8) is 0 Å². The van der Waals surface area contributed by atoms with Crippen molar-refractivity contribution in [1.82, 2.24) is 0 Å². The van der Waals surface area contributed by atoms with Crippen molar-refractivity contribution in [1.29, 1.82) is 0 Å². The molecule has 4 heteroatoms. The molecule has 10 heavy (non-hydrogen) atoms. The highest BCUT2D eigenvalue weighted by Gasteiger charge is 2.38. The average molecular weight is 148 g/mol. The minimum atomic E-state index is -2.10. The van der Waals surface area contributed by atoms with Gasteiger partial charge in [0, 0.05) is 0 Å². The Labute approximate surface area is 57.5 Å². The summed E-state index contributed by atoms with van der Waals surface area (Å²) in [6.45, 7) is 0. The van der Waals surface area contributed by atoms with E-state index in [4.69, 9.17) is 10.2 Å². The van der Waals surface area contributed by atoms with Crippen LogP contribution in [-0.4, -0.2) is 28.5 Å². The van der Waals surface area contributed by atoms with E-state index in [1.807, 2.05) is 0 Å². The first-order valence-electron chi connectivity index (χ1n) is 3.18. The lowest BCUT2D eigenvalue weighted by atomic mass is 10.1. The van der Waals surface area contributed by atoms with Crippen LogP contribution in [0.2, 0.25) is 0 Å². The number of carboxylic acids is 1. The molecule has 2 N–H and O–H groups in total. The molecule has 0 aliphatic heterocycles. The van der Waals surface area contributed by atoms with Crippen molar-refractivity contribution in [3.05, 3.63) is 0 Å². The zero-order valence-corrected chi connectivity index (χ0v) is 5.33. The largest absolute Gasteiger partial charge is 0.479 e. The third kappa shape index (κ3) is 1.44. The fraction of sp³-hybridized carbons (Fsp3) is 0.833. The number of carbonyl (C=O) groups is 1. The summed E-state index contributed by atoms with van der Waals surface area (Å²) in [4.78, 5) is 9.94. The molecule has 0 aromatic carbocycles. The second-order valence-electron chi connectivity index (χ2n) is 2.57. The van der Waals surface area contributed by atoms with Crippen molar-refractivity contribution in [2.75, 3.05) is 0 Å². The van der Waals surface area contributed by atoms with Crippen LogP contribution in [0.5, 0.6) is 0 Å². The molecule has 1 fully saturated rings. The summed E-state index contributed by atoms with van der Waals surface area (Å²) >= 11 is 0. The van der Waals surface area contributed by atoms with E-state index in [2.05, 4.69) is 0 Å². The zero-order chi connectivity index (χ0) is 7.72. The van der Waals surface area contributed by atoms with Gasteiger partial charge in [-0.05, 0) is 18.8 Å². The van der Waals surface area contributed by atoms with Gasteiger partial charge >= 0.3 is 5.97 Å². The van der Waals surface area contributed by atoms with Crippen LogP contribution in [-0.2, 0) is 4.79 Å². The molecule has 2 unspecified atom stereocenters. The summed E-state index contributed by atoms with van der Waals surface area (Å²) in [7, 11) is 0. The Balaban J connectivity index is 2.38. The van der Waals surface area contributed by atoms with E-state index >= 15 is 0 Å². The van der Waals surface area contributed by atoms with Crippen LogP contribution in [0, 0.1) is 5.92 Å².